The van der Waals surface area contributed by atoms with Gasteiger partial charge in [0.2, 0.25) is 0 Å². The summed E-state index contributed by atoms with van der Waals surface area (Å²) in [6.45, 7) is 0. The maximum Gasteiger partial charge on any atom is 0.159 e. The lowest BCUT2D eigenvalue weighted by Crippen LogP contribution is -2.33. The summed E-state index contributed by atoms with van der Waals surface area (Å²) in [4.78, 5) is 10.6. The van der Waals surface area contributed by atoms with E-state index in [1.54, 1.807) is 0 Å². The lowest BCUT2D eigenvalue weighted by atomic mass is 9.98. The first kappa shape index (κ1) is 32.9. The molecule has 0 radical (unpaired) electrons. The molecule has 1 atom stereocenters. The second-order valence-corrected chi connectivity index (χ2v) is 16.0. The zero-order valence-electron chi connectivity index (χ0n) is 31.2. The van der Waals surface area contributed by atoms with Gasteiger partial charge in [0, 0.05) is 47.6 Å². The topological polar surface area (TPSA) is 49.9 Å². The molecule has 1 N–H and O–H groups in total. The van der Waals surface area contributed by atoms with Gasteiger partial charge in [-0.2, -0.15) is 0 Å². The van der Waals surface area contributed by atoms with Crippen molar-refractivity contribution in [3.05, 3.63) is 205 Å². The molecular formula is C53H33N3OS. The van der Waals surface area contributed by atoms with Crippen LogP contribution in [0.4, 0.5) is 0 Å². The summed E-state index contributed by atoms with van der Waals surface area (Å²) in [5.41, 5.74) is 9.41. The Labute approximate surface area is 338 Å². The molecule has 0 saturated carbocycles. The molecule has 0 aliphatic carbocycles. The highest BCUT2D eigenvalue weighted by molar-refractivity contribution is 7.26. The fourth-order valence-corrected chi connectivity index (χ4v) is 9.88. The Morgan fingerprint density at radius 2 is 1.17 bits per heavy atom. The molecule has 1 aliphatic rings. The predicted octanol–water partition coefficient (Wildman–Crippen LogP) is 14.1. The van der Waals surface area contributed by atoms with E-state index in [-0.39, 0.29) is 0 Å². The number of thiophene rings is 1. The highest BCUT2D eigenvalue weighted by atomic mass is 32.1. The van der Waals surface area contributed by atoms with E-state index in [2.05, 4.69) is 193 Å². The Morgan fingerprint density at radius 1 is 0.466 bits per heavy atom. The largest absolute Gasteiger partial charge is 0.456 e. The molecule has 5 heteroatoms. The van der Waals surface area contributed by atoms with E-state index >= 15 is 0 Å². The van der Waals surface area contributed by atoms with E-state index in [1.807, 2.05) is 11.3 Å². The van der Waals surface area contributed by atoms with Crippen LogP contribution < -0.4 is 5.32 Å². The number of nitrogens with zero attached hydrogens (tertiary/aromatic N) is 2. The van der Waals surface area contributed by atoms with Crippen molar-refractivity contribution in [3.63, 3.8) is 0 Å². The molecule has 1 unspecified atom stereocenters. The third-order valence-electron chi connectivity index (χ3n) is 11.5. The Bertz CT molecular complexity index is 3500. The van der Waals surface area contributed by atoms with Crippen molar-refractivity contribution >= 4 is 86.7 Å². The molecule has 9 aromatic carbocycles. The number of fused-ring (bicyclic) bond motifs is 8. The SMILES string of the molecule is c1ccc(-c2ccc3ccc(C4=NC(c5cccc6oc7cc(-c8cccc9c8sc8ccccc89)ccc7c56)NC(c5ccc6ccccc6c5)=N4)cc3c2)cc1. The van der Waals surface area contributed by atoms with Gasteiger partial charge in [-0.3, -0.25) is 0 Å². The average Bonchev–Trinajstić information content (AvgIpc) is 3.87. The van der Waals surface area contributed by atoms with Crippen molar-refractivity contribution in [2.45, 2.75) is 6.17 Å². The van der Waals surface area contributed by atoms with Crippen LogP contribution in [0.2, 0.25) is 0 Å². The van der Waals surface area contributed by atoms with Crippen molar-refractivity contribution in [1.82, 2.24) is 5.32 Å². The summed E-state index contributed by atoms with van der Waals surface area (Å²) in [5.74, 6) is 1.46. The highest BCUT2D eigenvalue weighted by Crippen LogP contribution is 2.42. The van der Waals surface area contributed by atoms with Crippen LogP contribution in [0.15, 0.2) is 202 Å². The molecule has 11 aromatic rings. The zero-order valence-corrected chi connectivity index (χ0v) is 32.0. The minimum Gasteiger partial charge on any atom is -0.456 e. The number of hydrogen-bond acceptors (Lipinski definition) is 5. The third-order valence-corrected chi connectivity index (χ3v) is 12.7. The fourth-order valence-electron chi connectivity index (χ4n) is 8.64. The van der Waals surface area contributed by atoms with E-state index in [0.29, 0.717) is 5.84 Å². The van der Waals surface area contributed by atoms with Gasteiger partial charge < -0.3 is 9.73 Å². The molecule has 0 fully saturated rings. The van der Waals surface area contributed by atoms with Crippen molar-refractivity contribution in [2.75, 3.05) is 0 Å². The van der Waals surface area contributed by atoms with Crippen LogP contribution in [0.1, 0.15) is 22.9 Å². The third kappa shape index (κ3) is 5.43. The van der Waals surface area contributed by atoms with Crippen LogP contribution >= 0.6 is 11.3 Å². The normalized spacial score (nSPS) is 14.4. The van der Waals surface area contributed by atoms with E-state index in [9.17, 15) is 0 Å². The molecule has 272 valence electrons. The number of hydrogen-bond donors (Lipinski definition) is 1. The number of benzene rings is 9. The van der Waals surface area contributed by atoms with Gasteiger partial charge in [-0.1, -0.05) is 146 Å². The Hall–Kier alpha value is -7.34. The first-order chi connectivity index (χ1) is 28.7. The Morgan fingerprint density at radius 3 is 2.09 bits per heavy atom. The van der Waals surface area contributed by atoms with Crippen LogP contribution in [0.5, 0.6) is 0 Å². The molecule has 12 rings (SSSR count). The standard InChI is InChI=1S/C53H33N3OS/c1-2-10-32(11-3-1)36-23-20-34-22-25-39(30-40(34)29-36)52-54-51(38-24-21-33-12-4-5-13-35(33)28-38)55-53(56-52)45-17-9-18-46-49(45)44-27-26-37(31-47(44)57-46)41-15-8-16-43-42-14-6-7-19-48(42)58-50(41)43/h1-31,53H,(H,54,55,56). The van der Waals surface area contributed by atoms with Gasteiger partial charge in [-0.25, -0.2) is 9.98 Å². The monoisotopic (exact) mass is 759 g/mol. The molecule has 2 aromatic heterocycles. The number of nitrogens with one attached hydrogen (secondary N) is 1. The summed E-state index contributed by atoms with van der Waals surface area (Å²) >= 11 is 1.85. The molecule has 0 saturated heterocycles. The maximum atomic E-state index is 6.68. The summed E-state index contributed by atoms with van der Waals surface area (Å²) in [5, 5.41) is 13.1. The molecule has 1 aliphatic heterocycles. The predicted molar refractivity (Wildman–Crippen MR) is 244 cm³/mol. The van der Waals surface area contributed by atoms with Crippen molar-refractivity contribution < 1.29 is 4.42 Å². The number of rotatable bonds is 5. The van der Waals surface area contributed by atoms with Crippen molar-refractivity contribution in [1.29, 1.82) is 0 Å². The summed E-state index contributed by atoms with van der Waals surface area (Å²) in [6.07, 6.45) is -0.420. The van der Waals surface area contributed by atoms with Crippen LogP contribution in [-0.2, 0) is 0 Å². The minimum atomic E-state index is -0.420. The first-order valence-corrected chi connectivity index (χ1v) is 20.4. The van der Waals surface area contributed by atoms with E-state index in [1.165, 1.54) is 47.6 Å². The minimum absolute atomic E-state index is 0.420. The highest BCUT2D eigenvalue weighted by Gasteiger charge is 2.25. The number of amidine groups is 2. The Balaban J connectivity index is 0.998. The smallest absolute Gasteiger partial charge is 0.159 e. The Kier molecular flexibility index (Phi) is 7.43. The first-order valence-electron chi connectivity index (χ1n) is 19.6. The zero-order chi connectivity index (χ0) is 38.2. The van der Waals surface area contributed by atoms with Gasteiger partial charge in [-0.15, -0.1) is 11.3 Å². The van der Waals surface area contributed by atoms with Gasteiger partial charge in [0.25, 0.3) is 0 Å². The van der Waals surface area contributed by atoms with Crippen LogP contribution in [-0.4, -0.2) is 11.7 Å². The van der Waals surface area contributed by atoms with Crippen LogP contribution in [0, 0.1) is 0 Å². The number of furan rings is 1. The lowest BCUT2D eigenvalue weighted by molar-refractivity contribution is 0.662. The van der Waals surface area contributed by atoms with Gasteiger partial charge in [0.1, 0.15) is 23.2 Å². The molecule has 3 heterocycles. The molecule has 0 amide bonds. The fraction of sp³-hybridized carbons (Fsp3) is 0.0189. The van der Waals surface area contributed by atoms with Crippen LogP contribution in [0.25, 0.3) is 85.9 Å². The molecule has 58 heavy (non-hydrogen) atoms. The summed E-state index contributed by atoms with van der Waals surface area (Å²) in [7, 11) is 0. The average molecular weight is 760 g/mol. The quantitative estimate of drug-likeness (QED) is 0.190. The molecule has 0 bridgehead atoms. The van der Waals surface area contributed by atoms with Crippen LogP contribution in [0.3, 0.4) is 0 Å². The lowest BCUT2D eigenvalue weighted by Gasteiger charge is -2.24. The van der Waals surface area contributed by atoms with E-state index < -0.39 is 6.17 Å². The van der Waals surface area contributed by atoms with Crippen molar-refractivity contribution in [2.24, 2.45) is 9.98 Å². The second kappa shape index (κ2) is 13.1. The van der Waals surface area contributed by atoms with E-state index in [0.717, 1.165) is 60.8 Å². The summed E-state index contributed by atoms with van der Waals surface area (Å²) in [6, 6.07) is 66.9. The van der Waals surface area contributed by atoms with Gasteiger partial charge in [0.15, 0.2) is 5.84 Å². The van der Waals surface area contributed by atoms with Gasteiger partial charge in [-0.05, 0) is 86.3 Å². The maximum absolute atomic E-state index is 6.68. The second-order valence-electron chi connectivity index (χ2n) is 15.0. The van der Waals surface area contributed by atoms with E-state index in [4.69, 9.17) is 14.4 Å². The summed E-state index contributed by atoms with van der Waals surface area (Å²) < 4.78 is 9.27. The molecular weight excluding hydrogens is 727 g/mol. The molecule has 0 spiro atoms. The number of aliphatic imine (C=N–C) groups is 2. The van der Waals surface area contributed by atoms with Crippen molar-refractivity contribution in [3.8, 4) is 22.3 Å². The molecule has 4 nitrogen and oxygen atoms in total. The van der Waals surface area contributed by atoms with Gasteiger partial charge in [0.05, 0.1) is 0 Å². The van der Waals surface area contributed by atoms with Gasteiger partial charge >= 0.3 is 0 Å².